The minimum Gasteiger partial charge on any atom is -0.389 e. The van der Waals surface area contributed by atoms with Gasteiger partial charge in [0.05, 0.1) is 12.3 Å². The summed E-state index contributed by atoms with van der Waals surface area (Å²) in [7, 11) is 0. The van der Waals surface area contributed by atoms with Gasteiger partial charge < -0.3 is 10.8 Å². The predicted octanol–water partition coefficient (Wildman–Crippen LogP) is 0.655. The second kappa shape index (κ2) is 3.09. The van der Waals surface area contributed by atoms with Crippen LogP contribution >= 0.6 is 11.3 Å². The van der Waals surface area contributed by atoms with Crippen molar-refractivity contribution in [2.24, 2.45) is 5.73 Å². The summed E-state index contributed by atoms with van der Waals surface area (Å²) in [5, 5.41) is 11.2. The van der Waals surface area contributed by atoms with Gasteiger partial charge in [-0.15, -0.1) is 11.3 Å². The predicted molar refractivity (Wildman–Crippen MR) is 40.6 cm³/mol. The van der Waals surface area contributed by atoms with Crippen molar-refractivity contribution >= 4 is 11.3 Å². The number of thiazole rings is 1. The first-order chi connectivity index (χ1) is 4.74. The molecule has 0 bridgehead atoms. The molecule has 56 valence electrons. The summed E-state index contributed by atoms with van der Waals surface area (Å²) in [6.45, 7) is 1.88. The third-order valence-electron chi connectivity index (χ3n) is 1.17. The van der Waals surface area contributed by atoms with Crippen LogP contribution in [0.5, 0.6) is 0 Å². The van der Waals surface area contributed by atoms with E-state index in [1.165, 1.54) is 11.3 Å². The van der Waals surface area contributed by atoms with Crippen LogP contribution in [-0.4, -0.2) is 10.1 Å². The Bertz CT molecular complexity index is 209. The van der Waals surface area contributed by atoms with Crippen LogP contribution in [0, 0.1) is 0 Å². The highest BCUT2D eigenvalue weighted by Gasteiger charge is 2.03. The molecule has 1 aromatic heterocycles. The third kappa shape index (κ3) is 1.53. The summed E-state index contributed by atoms with van der Waals surface area (Å²) in [5.74, 6) is 0. The Kier molecular flexibility index (Phi) is 2.37. The summed E-state index contributed by atoms with van der Waals surface area (Å²) in [6, 6.07) is -0.0310. The zero-order valence-electron chi connectivity index (χ0n) is 5.74. The summed E-state index contributed by atoms with van der Waals surface area (Å²) < 4.78 is 0. The van der Waals surface area contributed by atoms with E-state index in [2.05, 4.69) is 4.98 Å². The van der Waals surface area contributed by atoms with Crippen molar-refractivity contribution in [1.82, 2.24) is 4.98 Å². The van der Waals surface area contributed by atoms with Gasteiger partial charge in [-0.3, -0.25) is 0 Å². The van der Waals surface area contributed by atoms with Gasteiger partial charge in [-0.25, -0.2) is 4.98 Å². The number of aliphatic hydroxyl groups excluding tert-OH is 1. The maximum atomic E-state index is 8.64. The second-order valence-corrected chi connectivity index (χ2v) is 3.06. The first kappa shape index (κ1) is 7.65. The minimum atomic E-state index is -0.0310. The fraction of sp³-hybridized carbons (Fsp3) is 0.500. The smallest absolute Gasteiger partial charge is 0.118 e. The summed E-state index contributed by atoms with van der Waals surface area (Å²) >= 11 is 1.44. The van der Waals surface area contributed by atoms with Crippen molar-refractivity contribution in [3.8, 4) is 0 Å². The molecule has 0 aliphatic carbocycles. The van der Waals surface area contributed by atoms with E-state index in [1.807, 2.05) is 12.3 Å². The van der Waals surface area contributed by atoms with Crippen molar-refractivity contribution in [2.75, 3.05) is 0 Å². The molecule has 1 atom stereocenters. The lowest BCUT2D eigenvalue weighted by molar-refractivity contribution is 0.281. The van der Waals surface area contributed by atoms with E-state index in [0.29, 0.717) is 0 Å². The lowest BCUT2D eigenvalue weighted by Gasteiger charge is -1.96. The Morgan fingerprint density at radius 2 is 2.60 bits per heavy atom. The quantitative estimate of drug-likeness (QED) is 0.664. The molecular weight excluding hydrogens is 148 g/mol. The van der Waals surface area contributed by atoms with Crippen molar-refractivity contribution in [3.05, 3.63) is 16.1 Å². The molecule has 3 N–H and O–H groups in total. The minimum absolute atomic E-state index is 0.0113. The molecule has 0 saturated heterocycles. The molecule has 0 saturated carbocycles. The maximum absolute atomic E-state index is 8.64. The zero-order valence-corrected chi connectivity index (χ0v) is 6.56. The van der Waals surface area contributed by atoms with Crippen LogP contribution in [0.3, 0.4) is 0 Å². The van der Waals surface area contributed by atoms with Gasteiger partial charge in [0.2, 0.25) is 0 Å². The molecule has 0 fully saturated rings. The van der Waals surface area contributed by atoms with Crippen LogP contribution in [-0.2, 0) is 6.61 Å². The molecule has 1 unspecified atom stereocenters. The molecule has 0 radical (unpaired) electrons. The van der Waals surface area contributed by atoms with Crippen molar-refractivity contribution in [1.29, 1.82) is 0 Å². The van der Waals surface area contributed by atoms with Gasteiger partial charge in [-0.1, -0.05) is 0 Å². The van der Waals surface area contributed by atoms with Crippen LogP contribution in [0.15, 0.2) is 5.38 Å². The van der Waals surface area contributed by atoms with Crippen molar-refractivity contribution in [3.63, 3.8) is 0 Å². The van der Waals surface area contributed by atoms with Crippen LogP contribution in [0.2, 0.25) is 0 Å². The third-order valence-corrected chi connectivity index (χ3v) is 2.02. The van der Waals surface area contributed by atoms with Gasteiger partial charge in [0.25, 0.3) is 0 Å². The van der Waals surface area contributed by atoms with Gasteiger partial charge in [0, 0.05) is 11.4 Å². The highest BCUT2D eigenvalue weighted by molar-refractivity contribution is 7.09. The average Bonchev–Trinajstić information content (AvgIpc) is 2.34. The fourth-order valence-corrected chi connectivity index (χ4v) is 1.36. The van der Waals surface area contributed by atoms with Crippen LogP contribution < -0.4 is 5.73 Å². The van der Waals surface area contributed by atoms with Gasteiger partial charge in [-0.05, 0) is 6.92 Å². The summed E-state index contributed by atoms with van der Waals surface area (Å²) in [5.41, 5.74) is 6.40. The Morgan fingerprint density at radius 3 is 2.90 bits per heavy atom. The van der Waals surface area contributed by atoms with Crippen LogP contribution in [0.1, 0.15) is 23.7 Å². The molecular formula is C6H10N2OS. The summed E-state index contributed by atoms with van der Waals surface area (Å²) in [6.07, 6.45) is 0. The monoisotopic (exact) mass is 158 g/mol. The van der Waals surface area contributed by atoms with E-state index in [1.54, 1.807) is 0 Å². The normalized spacial score (nSPS) is 13.5. The molecule has 0 aromatic carbocycles. The molecule has 0 aliphatic rings. The molecule has 3 nitrogen and oxygen atoms in total. The number of rotatable bonds is 2. The second-order valence-electron chi connectivity index (χ2n) is 2.11. The van der Waals surface area contributed by atoms with Crippen LogP contribution in [0.25, 0.3) is 0 Å². The molecule has 1 aromatic rings. The maximum Gasteiger partial charge on any atom is 0.118 e. The van der Waals surface area contributed by atoms with Crippen molar-refractivity contribution in [2.45, 2.75) is 19.6 Å². The average molecular weight is 158 g/mol. The van der Waals surface area contributed by atoms with Gasteiger partial charge in [0.15, 0.2) is 0 Å². The van der Waals surface area contributed by atoms with Gasteiger partial charge >= 0.3 is 0 Å². The number of aromatic nitrogens is 1. The van der Waals surface area contributed by atoms with Crippen molar-refractivity contribution < 1.29 is 5.11 Å². The molecule has 1 heterocycles. The van der Waals surface area contributed by atoms with Gasteiger partial charge in [0.1, 0.15) is 5.01 Å². The number of nitrogens with zero attached hydrogens (tertiary/aromatic N) is 1. The Morgan fingerprint density at radius 1 is 1.90 bits per heavy atom. The Hall–Kier alpha value is -0.450. The zero-order chi connectivity index (χ0) is 7.56. The Balaban J connectivity index is 2.78. The molecule has 0 aliphatic heterocycles. The SMILES string of the molecule is CC(N)c1csc(CO)n1. The van der Waals surface area contributed by atoms with Crippen LogP contribution in [0.4, 0.5) is 0 Å². The molecule has 0 amide bonds. The number of nitrogens with two attached hydrogens (primary N) is 1. The largest absolute Gasteiger partial charge is 0.389 e. The van der Waals surface area contributed by atoms with E-state index in [-0.39, 0.29) is 12.6 Å². The fourth-order valence-electron chi connectivity index (χ4n) is 0.607. The van der Waals surface area contributed by atoms with E-state index < -0.39 is 0 Å². The van der Waals surface area contributed by atoms with Gasteiger partial charge in [-0.2, -0.15) is 0 Å². The molecule has 10 heavy (non-hydrogen) atoms. The number of hydrogen-bond donors (Lipinski definition) is 2. The topological polar surface area (TPSA) is 59.1 Å². The van der Waals surface area contributed by atoms with E-state index in [0.717, 1.165) is 10.7 Å². The van der Waals surface area contributed by atoms with E-state index >= 15 is 0 Å². The lowest BCUT2D eigenvalue weighted by Crippen LogP contribution is -2.05. The number of hydrogen-bond acceptors (Lipinski definition) is 4. The standard InChI is InChI=1S/C6H10N2OS/c1-4(7)5-3-10-6(2-9)8-5/h3-4,9H,2,7H2,1H3. The molecule has 4 heteroatoms. The number of aliphatic hydroxyl groups is 1. The molecule has 1 rings (SSSR count). The van der Waals surface area contributed by atoms with E-state index in [4.69, 9.17) is 10.8 Å². The van der Waals surface area contributed by atoms with E-state index in [9.17, 15) is 0 Å². The molecule has 0 spiro atoms. The first-order valence-corrected chi connectivity index (χ1v) is 3.92. The highest BCUT2D eigenvalue weighted by Crippen LogP contribution is 2.13. The highest BCUT2D eigenvalue weighted by atomic mass is 32.1. The Labute approximate surface area is 63.5 Å². The summed E-state index contributed by atoms with van der Waals surface area (Å²) in [4.78, 5) is 4.07. The lowest BCUT2D eigenvalue weighted by atomic mass is 10.3. The first-order valence-electron chi connectivity index (χ1n) is 3.04.